The summed E-state index contributed by atoms with van der Waals surface area (Å²) in [5.41, 5.74) is 0. The molecule has 0 bridgehead atoms. The fourth-order valence-corrected chi connectivity index (χ4v) is 3.60. The highest BCUT2D eigenvalue weighted by Gasteiger charge is 2.18. The second-order valence-corrected chi connectivity index (χ2v) is 6.93. The van der Waals surface area contributed by atoms with E-state index >= 15 is 0 Å². The average molecular weight is 314 g/mol. The van der Waals surface area contributed by atoms with E-state index in [4.69, 9.17) is 16.0 Å². The molecule has 0 radical (unpaired) electrons. The van der Waals surface area contributed by atoms with Gasteiger partial charge < -0.3 is 9.73 Å². The van der Waals surface area contributed by atoms with Crippen molar-refractivity contribution in [1.82, 2.24) is 5.32 Å². The molecule has 1 atom stereocenters. The number of hydrogen-bond donors (Lipinski definition) is 1. The van der Waals surface area contributed by atoms with Crippen molar-refractivity contribution in [3.05, 3.63) is 53.4 Å². The van der Waals surface area contributed by atoms with Gasteiger partial charge in [0.25, 0.3) is 0 Å². The summed E-state index contributed by atoms with van der Waals surface area (Å²) < 4.78 is 29.6. The molecular formula is C14H16ClNO3S. The third-order valence-electron chi connectivity index (χ3n) is 2.96. The molecule has 0 aliphatic carbocycles. The van der Waals surface area contributed by atoms with Gasteiger partial charge in [-0.3, -0.25) is 0 Å². The summed E-state index contributed by atoms with van der Waals surface area (Å²) in [7, 11) is -3.38. The number of halogens is 1. The van der Waals surface area contributed by atoms with Gasteiger partial charge in [-0.2, -0.15) is 0 Å². The Balaban J connectivity index is 1.95. The number of benzene rings is 1. The summed E-state index contributed by atoms with van der Waals surface area (Å²) in [6.45, 7) is 2.25. The molecule has 0 aliphatic heterocycles. The fourth-order valence-electron chi connectivity index (χ4n) is 1.85. The zero-order valence-electron chi connectivity index (χ0n) is 11.0. The Morgan fingerprint density at radius 1 is 1.25 bits per heavy atom. The first-order chi connectivity index (χ1) is 9.50. The molecule has 0 aliphatic rings. The van der Waals surface area contributed by atoms with Gasteiger partial charge in [0.05, 0.1) is 28.0 Å². The second-order valence-electron chi connectivity index (χ2n) is 4.44. The predicted octanol–water partition coefficient (Wildman–Crippen LogP) is 3.06. The van der Waals surface area contributed by atoms with E-state index in [0.29, 0.717) is 6.54 Å². The lowest BCUT2D eigenvalue weighted by Gasteiger charge is -2.12. The molecule has 0 saturated carbocycles. The maximum absolute atomic E-state index is 12.2. The van der Waals surface area contributed by atoms with Crippen LogP contribution < -0.4 is 5.32 Å². The van der Waals surface area contributed by atoms with E-state index in [9.17, 15) is 8.42 Å². The van der Waals surface area contributed by atoms with Crippen LogP contribution in [0.4, 0.5) is 0 Å². The van der Waals surface area contributed by atoms with Crippen molar-refractivity contribution < 1.29 is 12.8 Å². The third kappa shape index (κ3) is 3.62. The van der Waals surface area contributed by atoms with Crippen LogP contribution in [0.5, 0.6) is 0 Å². The summed E-state index contributed by atoms with van der Waals surface area (Å²) in [6, 6.07) is 10.1. The zero-order chi connectivity index (χ0) is 14.6. The molecule has 0 spiro atoms. The summed E-state index contributed by atoms with van der Waals surface area (Å²) in [4.78, 5) is 0.175. The SMILES string of the molecule is CC(NCCS(=O)(=O)c1ccccc1Cl)c1ccco1. The molecular weight excluding hydrogens is 298 g/mol. The van der Waals surface area contributed by atoms with E-state index in [-0.39, 0.29) is 21.7 Å². The fraction of sp³-hybridized carbons (Fsp3) is 0.286. The van der Waals surface area contributed by atoms with E-state index in [1.807, 2.05) is 13.0 Å². The topological polar surface area (TPSA) is 59.3 Å². The molecule has 0 saturated heterocycles. The summed E-state index contributed by atoms with van der Waals surface area (Å²) in [6.07, 6.45) is 1.59. The number of sulfone groups is 1. The maximum Gasteiger partial charge on any atom is 0.181 e. The minimum atomic E-state index is -3.38. The Morgan fingerprint density at radius 3 is 2.65 bits per heavy atom. The molecule has 2 aromatic rings. The van der Waals surface area contributed by atoms with Crippen LogP contribution in [0.1, 0.15) is 18.7 Å². The van der Waals surface area contributed by atoms with Crippen molar-refractivity contribution in [2.45, 2.75) is 17.9 Å². The highest BCUT2D eigenvalue weighted by Crippen LogP contribution is 2.21. The van der Waals surface area contributed by atoms with Gasteiger partial charge in [0.2, 0.25) is 0 Å². The van der Waals surface area contributed by atoms with Gasteiger partial charge in [0, 0.05) is 6.54 Å². The van der Waals surface area contributed by atoms with Crippen molar-refractivity contribution in [2.24, 2.45) is 0 Å². The lowest BCUT2D eigenvalue weighted by molar-refractivity contribution is 0.437. The minimum Gasteiger partial charge on any atom is -0.468 e. The van der Waals surface area contributed by atoms with Crippen molar-refractivity contribution >= 4 is 21.4 Å². The number of nitrogens with one attached hydrogen (secondary N) is 1. The van der Waals surface area contributed by atoms with Crippen molar-refractivity contribution in [1.29, 1.82) is 0 Å². The number of furan rings is 1. The van der Waals surface area contributed by atoms with Crippen LogP contribution in [0, 0.1) is 0 Å². The van der Waals surface area contributed by atoms with Crippen LogP contribution in [-0.4, -0.2) is 20.7 Å². The van der Waals surface area contributed by atoms with Crippen LogP contribution in [0.25, 0.3) is 0 Å². The summed E-state index contributed by atoms with van der Waals surface area (Å²) >= 11 is 5.92. The average Bonchev–Trinajstić information content (AvgIpc) is 2.92. The van der Waals surface area contributed by atoms with Gasteiger partial charge >= 0.3 is 0 Å². The highest BCUT2D eigenvalue weighted by molar-refractivity contribution is 7.91. The van der Waals surface area contributed by atoms with Gasteiger partial charge in [0.1, 0.15) is 5.76 Å². The molecule has 1 heterocycles. The number of hydrogen-bond acceptors (Lipinski definition) is 4. The lowest BCUT2D eigenvalue weighted by Crippen LogP contribution is -2.25. The number of rotatable bonds is 6. The minimum absolute atomic E-state index is 0.0121. The first kappa shape index (κ1) is 15.1. The Hall–Kier alpha value is -1.30. The van der Waals surface area contributed by atoms with Gasteiger partial charge in [-0.05, 0) is 31.2 Å². The molecule has 0 fully saturated rings. The molecule has 1 aromatic heterocycles. The van der Waals surface area contributed by atoms with E-state index < -0.39 is 9.84 Å². The molecule has 2 rings (SSSR count). The molecule has 1 N–H and O–H groups in total. The van der Waals surface area contributed by atoms with Crippen LogP contribution in [0.15, 0.2) is 52.0 Å². The van der Waals surface area contributed by atoms with E-state index in [1.54, 1.807) is 30.5 Å². The second kappa shape index (κ2) is 6.43. The summed E-state index contributed by atoms with van der Waals surface area (Å²) in [5, 5.41) is 3.37. The Kier molecular flexibility index (Phi) is 4.86. The van der Waals surface area contributed by atoms with E-state index in [0.717, 1.165) is 5.76 Å². The van der Waals surface area contributed by atoms with Crippen molar-refractivity contribution in [3.8, 4) is 0 Å². The normalized spacial score (nSPS) is 13.3. The zero-order valence-corrected chi connectivity index (χ0v) is 12.6. The maximum atomic E-state index is 12.2. The van der Waals surface area contributed by atoms with Crippen LogP contribution in [-0.2, 0) is 9.84 Å². The third-order valence-corrected chi connectivity index (χ3v) is 5.17. The molecule has 1 unspecified atom stereocenters. The quantitative estimate of drug-likeness (QED) is 0.890. The molecule has 4 nitrogen and oxygen atoms in total. The smallest absolute Gasteiger partial charge is 0.181 e. The monoisotopic (exact) mass is 313 g/mol. The molecule has 1 aromatic carbocycles. The van der Waals surface area contributed by atoms with Gasteiger partial charge in [-0.25, -0.2) is 8.42 Å². The summed E-state index contributed by atoms with van der Waals surface area (Å²) in [5.74, 6) is 0.766. The largest absolute Gasteiger partial charge is 0.468 e. The van der Waals surface area contributed by atoms with Crippen molar-refractivity contribution in [3.63, 3.8) is 0 Å². The standard InChI is InChI=1S/C14H16ClNO3S/c1-11(13-6-4-9-19-13)16-8-10-20(17,18)14-7-3-2-5-12(14)15/h2-7,9,11,16H,8,10H2,1H3. The predicted molar refractivity (Wildman–Crippen MR) is 78.6 cm³/mol. The van der Waals surface area contributed by atoms with Gasteiger partial charge in [0.15, 0.2) is 9.84 Å². The van der Waals surface area contributed by atoms with E-state index in [1.165, 1.54) is 6.07 Å². The molecule has 20 heavy (non-hydrogen) atoms. The van der Waals surface area contributed by atoms with E-state index in [2.05, 4.69) is 5.32 Å². The lowest BCUT2D eigenvalue weighted by atomic mass is 10.2. The molecule has 6 heteroatoms. The van der Waals surface area contributed by atoms with Gasteiger partial charge in [-0.15, -0.1) is 0 Å². The Morgan fingerprint density at radius 2 is 2.00 bits per heavy atom. The highest BCUT2D eigenvalue weighted by atomic mass is 35.5. The van der Waals surface area contributed by atoms with Crippen molar-refractivity contribution in [2.75, 3.05) is 12.3 Å². The Labute approximate surface area is 123 Å². The van der Waals surface area contributed by atoms with Crippen LogP contribution >= 0.6 is 11.6 Å². The Bertz CT molecular complexity index is 653. The molecule has 108 valence electrons. The molecule has 0 amide bonds. The first-order valence-corrected chi connectivity index (χ1v) is 8.28. The van der Waals surface area contributed by atoms with Crippen LogP contribution in [0.2, 0.25) is 5.02 Å². The van der Waals surface area contributed by atoms with Gasteiger partial charge in [-0.1, -0.05) is 23.7 Å². The van der Waals surface area contributed by atoms with Crippen LogP contribution in [0.3, 0.4) is 0 Å². The first-order valence-electron chi connectivity index (χ1n) is 6.25.